The molecule has 0 saturated carbocycles. The summed E-state index contributed by atoms with van der Waals surface area (Å²) in [5.41, 5.74) is -1.71. The van der Waals surface area contributed by atoms with Crippen LogP contribution in [0.1, 0.15) is 37.0 Å². The molecule has 1 rings (SSSR count). The molecule has 1 aromatic carbocycles. The van der Waals surface area contributed by atoms with E-state index in [-0.39, 0.29) is 12.0 Å². The van der Waals surface area contributed by atoms with Crippen LogP contribution in [0.3, 0.4) is 0 Å². The van der Waals surface area contributed by atoms with Crippen molar-refractivity contribution in [1.82, 2.24) is 0 Å². The van der Waals surface area contributed by atoms with Gasteiger partial charge in [-0.15, -0.1) is 11.8 Å². The molecule has 98 valence electrons. The van der Waals surface area contributed by atoms with Crippen molar-refractivity contribution in [3.8, 4) is 11.8 Å². The summed E-state index contributed by atoms with van der Waals surface area (Å²) in [6, 6.07) is 2.88. The standard InChI is InChI=1S/C13H12F4O/c1-2-3-4-8-11(18)9-6-5-7-10(12(9)14)13(15,16)17/h5-7,11,18H,4,8H2,1H3. The van der Waals surface area contributed by atoms with Gasteiger partial charge >= 0.3 is 6.18 Å². The number of hydrogen-bond donors (Lipinski definition) is 1. The predicted molar refractivity (Wildman–Crippen MR) is 59.0 cm³/mol. The summed E-state index contributed by atoms with van der Waals surface area (Å²) in [5, 5.41) is 9.64. The Morgan fingerprint density at radius 3 is 2.56 bits per heavy atom. The van der Waals surface area contributed by atoms with Crippen LogP contribution >= 0.6 is 0 Å². The number of benzene rings is 1. The molecule has 5 heteroatoms. The van der Waals surface area contributed by atoms with Crippen molar-refractivity contribution >= 4 is 0 Å². The lowest BCUT2D eigenvalue weighted by Crippen LogP contribution is -2.11. The molecule has 0 spiro atoms. The summed E-state index contributed by atoms with van der Waals surface area (Å²) in [5.74, 6) is 3.83. The van der Waals surface area contributed by atoms with E-state index < -0.39 is 23.7 Å². The smallest absolute Gasteiger partial charge is 0.388 e. The maximum Gasteiger partial charge on any atom is 0.419 e. The highest BCUT2D eigenvalue weighted by atomic mass is 19.4. The molecule has 0 heterocycles. The largest absolute Gasteiger partial charge is 0.419 e. The molecule has 1 N–H and O–H groups in total. The fourth-order valence-corrected chi connectivity index (χ4v) is 1.52. The highest BCUT2D eigenvalue weighted by Crippen LogP contribution is 2.34. The monoisotopic (exact) mass is 260 g/mol. The molecule has 0 aliphatic rings. The van der Waals surface area contributed by atoms with Crippen molar-refractivity contribution in [3.05, 3.63) is 35.1 Å². The van der Waals surface area contributed by atoms with Crippen molar-refractivity contribution in [3.63, 3.8) is 0 Å². The number of alkyl halides is 3. The van der Waals surface area contributed by atoms with Crippen LogP contribution in [0.25, 0.3) is 0 Å². The third-order valence-electron chi connectivity index (χ3n) is 2.41. The Labute approximate surface area is 102 Å². The summed E-state index contributed by atoms with van der Waals surface area (Å²) in [4.78, 5) is 0. The summed E-state index contributed by atoms with van der Waals surface area (Å²) < 4.78 is 51.0. The van der Waals surface area contributed by atoms with E-state index in [1.807, 2.05) is 0 Å². The fraction of sp³-hybridized carbons (Fsp3) is 0.385. The van der Waals surface area contributed by atoms with Crippen molar-refractivity contribution in [1.29, 1.82) is 0 Å². The maximum atomic E-state index is 13.6. The second-order valence-electron chi connectivity index (χ2n) is 3.69. The second-order valence-corrected chi connectivity index (χ2v) is 3.69. The molecule has 0 radical (unpaired) electrons. The van der Waals surface area contributed by atoms with Crippen LogP contribution < -0.4 is 0 Å². The van der Waals surface area contributed by atoms with E-state index in [0.717, 1.165) is 12.1 Å². The van der Waals surface area contributed by atoms with Gasteiger partial charge < -0.3 is 5.11 Å². The van der Waals surface area contributed by atoms with Crippen molar-refractivity contribution in [2.24, 2.45) is 0 Å². The average Bonchev–Trinajstić information content (AvgIpc) is 2.28. The van der Waals surface area contributed by atoms with E-state index in [0.29, 0.717) is 12.5 Å². The molecule has 0 fully saturated rings. The van der Waals surface area contributed by atoms with Crippen LogP contribution in [0.15, 0.2) is 18.2 Å². The fourth-order valence-electron chi connectivity index (χ4n) is 1.52. The Kier molecular flexibility index (Phi) is 4.74. The van der Waals surface area contributed by atoms with Gasteiger partial charge in [0, 0.05) is 12.0 Å². The molecular weight excluding hydrogens is 248 g/mol. The first-order valence-electron chi connectivity index (χ1n) is 5.31. The molecule has 0 aromatic heterocycles. The van der Waals surface area contributed by atoms with Gasteiger partial charge in [-0.25, -0.2) is 4.39 Å². The topological polar surface area (TPSA) is 20.2 Å². The minimum Gasteiger partial charge on any atom is -0.388 e. The van der Waals surface area contributed by atoms with Crippen molar-refractivity contribution in [2.45, 2.75) is 32.0 Å². The molecule has 1 unspecified atom stereocenters. The van der Waals surface area contributed by atoms with E-state index in [2.05, 4.69) is 11.8 Å². The zero-order chi connectivity index (χ0) is 13.8. The van der Waals surface area contributed by atoms with Crippen LogP contribution in [-0.4, -0.2) is 5.11 Å². The highest BCUT2D eigenvalue weighted by Gasteiger charge is 2.35. The molecule has 18 heavy (non-hydrogen) atoms. The molecule has 0 bridgehead atoms. The SMILES string of the molecule is CC#CCCC(O)c1cccc(C(F)(F)F)c1F. The molecule has 1 aromatic rings. The van der Waals surface area contributed by atoms with Gasteiger partial charge in [0.05, 0.1) is 11.7 Å². The summed E-state index contributed by atoms with van der Waals surface area (Å²) >= 11 is 0. The minimum absolute atomic E-state index is 0.0963. The molecule has 0 saturated heterocycles. The lowest BCUT2D eigenvalue weighted by Gasteiger charge is -2.14. The van der Waals surface area contributed by atoms with Gasteiger partial charge in [0.2, 0.25) is 0 Å². The van der Waals surface area contributed by atoms with Crippen LogP contribution in [0.4, 0.5) is 17.6 Å². The lowest BCUT2D eigenvalue weighted by atomic mass is 10.0. The van der Waals surface area contributed by atoms with E-state index in [1.54, 1.807) is 6.92 Å². The average molecular weight is 260 g/mol. The third kappa shape index (κ3) is 3.47. The minimum atomic E-state index is -4.76. The number of hydrogen-bond acceptors (Lipinski definition) is 1. The molecular formula is C13H12F4O. The van der Waals surface area contributed by atoms with Crippen LogP contribution in [0.5, 0.6) is 0 Å². The van der Waals surface area contributed by atoms with Gasteiger partial charge in [0.25, 0.3) is 0 Å². The van der Waals surface area contributed by atoms with Gasteiger partial charge in [0.15, 0.2) is 0 Å². The van der Waals surface area contributed by atoms with Crippen molar-refractivity contribution < 1.29 is 22.7 Å². The van der Waals surface area contributed by atoms with E-state index >= 15 is 0 Å². The number of halogens is 4. The molecule has 0 amide bonds. The third-order valence-corrected chi connectivity index (χ3v) is 2.41. The van der Waals surface area contributed by atoms with E-state index in [1.165, 1.54) is 0 Å². The van der Waals surface area contributed by atoms with Gasteiger partial charge in [0.1, 0.15) is 5.82 Å². The van der Waals surface area contributed by atoms with Crippen molar-refractivity contribution in [2.75, 3.05) is 0 Å². The van der Waals surface area contributed by atoms with E-state index in [4.69, 9.17) is 0 Å². The Balaban J connectivity index is 2.99. The zero-order valence-electron chi connectivity index (χ0n) is 9.68. The first-order valence-corrected chi connectivity index (χ1v) is 5.31. The van der Waals surface area contributed by atoms with Gasteiger partial charge in [-0.3, -0.25) is 0 Å². The quantitative estimate of drug-likeness (QED) is 0.649. The Morgan fingerprint density at radius 2 is 2.00 bits per heavy atom. The lowest BCUT2D eigenvalue weighted by molar-refractivity contribution is -0.140. The number of aliphatic hydroxyl groups is 1. The summed E-state index contributed by atoms with van der Waals surface area (Å²) in [6.07, 6.45) is -5.65. The maximum absolute atomic E-state index is 13.6. The molecule has 1 nitrogen and oxygen atoms in total. The highest BCUT2D eigenvalue weighted by molar-refractivity contribution is 5.29. The predicted octanol–water partition coefficient (Wildman–Crippen LogP) is 3.68. The number of rotatable bonds is 3. The van der Waals surface area contributed by atoms with E-state index in [9.17, 15) is 22.7 Å². The summed E-state index contributed by atoms with van der Waals surface area (Å²) in [7, 11) is 0. The summed E-state index contributed by atoms with van der Waals surface area (Å²) in [6.45, 7) is 1.61. The molecule has 1 atom stereocenters. The Morgan fingerprint density at radius 1 is 1.33 bits per heavy atom. The van der Waals surface area contributed by atoms with Crippen LogP contribution in [0, 0.1) is 17.7 Å². The van der Waals surface area contributed by atoms with Crippen LogP contribution in [-0.2, 0) is 6.18 Å². The van der Waals surface area contributed by atoms with Gasteiger partial charge in [-0.1, -0.05) is 12.1 Å². The molecule has 0 aliphatic carbocycles. The normalized spacial score (nSPS) is 12.8. The second kappa shape index (κ2) is 5.87. The van der Waals surface area contributed by atoms with Crippen LogP contribution in [0.2, 0.25) is 0 Å². The Hall–Kier alpha value is -1.54. The Bertz CT molecular complexity index is 468. The number of aliphatic hydroxyl groups excluding tert-OH is 1. The van der Waals surface area contributed by atoms with Gasteiger partial charge in [-0.2, -0.15) is 13.2 Å². The van der Waals surface area contributed by atoms with Gasteiger partial charge in [-0.05, 0) is 19.4 Å². The zero-order valence-corrected chi connectivity index (χ0v) is 9.68. The molecule has 0 aliphatic heterocycles. The first kappa shape index (κ1) is 14.5. The first-order chi connectivity index (χ1) is 8.38.